The van der Waals surface area contributed by atoms with E-state index in [4.69, 9.17) is 9.47 Å². The maximum atomic E-state index is 12.0. The number of aromatic nitrogens is 2. The summed E-state index contributed by atoms with van der Waals surface area (Å²) in [4.78, 5) is 19.8. The Balaban J connectivity index is 1.82. The Labute approximate surface area is 112 Å². The molecular formula is C14H20N2O3. The average Bonchev–Trinajstić information content (AvgIpc) is 2.88. The van der Waals surface area contributed by atoms with Crippen LogP contribution in [0.25, 0.3) is 0 Å². The molecule has 2 aliphatic rings. The highest BCUT2D eigenvalue weighted by Gasteiger charge is 2.49. The number of methoxy groups -OCH3 is 1. The van der Waals surface area contributed by atoms with Gasteiger partial charge in [0.1, 0.15) is 11.2 Å². The lowest BCUT2D eigenvalue weighted by atomic mass is 9.68. The molecule has 104 valence electrons. The number of carbonyl (C=O) groups is 1. The molecule has 19 heavy (non-hydrogen) atoms. The van der Waals surface area contributed by atoms with Crippen molar-refractivity contribution in [3.8, 4) is 0 Å². The van der Waals surface area contributed by atoms with Crippen molar-refractivity contribution >= 4 is 5.97 Å². The number of ether oxygens (including phenoxy) is 2. The number of H-pyrrole nitrogens is 1. The summed E-state index contributed by atoms with van der Waals surface area (Å²) in [6, 6.07) is 0. The van der Waals surface area contributed by atoms with Crippen LogP contribution in [0.5, 0.6) is 0 Å². The van der Waals surface area contributed by atoms with Gasteiger partial charge in [-0.05, 0) is 25.7 Å². The molecule has 0 spiro atoms. The maximum absolute atomic E-state index is 12.0. The minimum atomic E-state index is -0.516. The van der Waals surface area contributed by atoms with Gasteiger partial charge < -0.3 is 14.5 Å². The molecule has 1 N–H and O–H groups in total. The molecule has 3 rings (SSSR count). The molecular weight excluding hydrogens is 244 g/mol. The number of aromatic amines is 1. The van der Waals surface area contributed by atoms with Crippen LogP contribution in [-0.2, 0) is 19.7 Å². The van der Waals surface area contributed by atoms with Crippen LogP contribution in [0.3, 0.4) is 0 Å². The van der Waals surface area contributed by atoms with Gasteiger partial charge in [-0.15, -0.1) is 0 Å². The molecule has 1 saturated heterocycles. The fourth-order valence-corrected chi connectivity index (χ4v) is 3.06. The Hall–Kier alpha value is -1.36. The predicted octanol–water partition coefficient (Wildman–Crippen LogP) is 1.90. The number of esters is 1. The fraction of sp³-hybridized carbons (Fsp3) is 0.714. The van der Waals surface area contributed by atoms with Crippen molar-refractivity contribution in [1.82, 2.24) is 9.97 Å². The third kappa shape index (κ3) is 2.06. The summed E-state index contributed by atoms with van der Waals surface area (Å²) in [5, 5.41) is 0. The molecule has 0 bridgehead atoms. The SMILES string of the molecule is COC(=O)C1(c2ncc(C3CCOCC3)[nH]2)CCC1. The number of hydrogen-bond acceptors (Lipinski definition) is 4. The smallest absolute Gasteiger partial charge is 0.319 e. The first-order valence-corrected chi connectivity index (χ1v) is 6.98. The van der Waals surface area contributed by atoms with Crippen molar-refractivity contribution in [2.45, 2.75) is 43.4 Å². The highest BCUT2D eigenvalue weighted by Crippen LogP contribution is 2.43. The Kier molecular flexibility index (Phi) is 3.31. The van der Waals surface area contributed by atoms with E-state index in [1.165, 1.54) is 7.11 Å². The van der Waals surface area contributed by atoms with Crippen LogP contribution in [0.15, 0.2) is 6.20 Å². The highest BCUT2D eigenvalue weighted by molar-refractivity contribution is 5.83. The van der Waals surface area contributed by atoms with Gasteiger partial charge in [0.25, 0.3) is 0 Å². The lowest BCUT2D eigenvalue weighted by Gasteiger charge is -2.36. The summed E-state index contributed by atoms with van der Waals surface area (Å²) in [6.07, 6.45) is 6.65. The van der Waals surface area contributed by atoms with Crippen LogP contribution in [0.4, 0.5) is 0 Å². The number of nitrogens with zero attached hydrogens (tertiary/aromatic N) is 1. The van der Waals surface area contributed by atoms with Gasteiger partial charge >= 0.3 is 5.97 Å². The minimum absolute atomic E-state index is 0.161. The molecule has 0 aromatic carbocycles. The molecule has 1 aromatic rings. The first kappa shape index (κ1) is 12.7. The number of rotatable bonds is 3. The van der Waals surface area contributed by atoms with Gasteiger partial charge in [0.15, 0.2) is 0 Å². The third-order valence-corrected chi connectivity index (χ3v) is 4.49. The zero-order chi connectivity index (χ0) is 13.3. The summed E-state index contributed by atoms with van der Waals surface area (Å²) in [5.74, 6) is 1.10. The molecule has 5 nitrogen and oxygen atoms in total. The van der Waals surface area contributed by atoms with Crippen molar-refractivity contribution in [1.29, 1.82) is 0 Å². The van der Waals surface area contributed by atoms with E-state index < -0.39 is 5.41 Å². The molecule has 1 aliphatic carbocycles. The number of hydrogen-bond donors (Lipinski definition) is 1. The monoisotopic (exact) mass is 264 g/mol. The van der Waals surface area contributed by atoms with E-state index in [0.29, 0.717) is 5.92 Å². The van der Waals surface area contributed by atoms with Gasteiger partial charge in [0.05, 0.1) is 7.11 Å². The van der Waals surface area contributed by atoms with E-state index >= 15 is 0 Å². The molecule has 0 amide bonds. The van der Waals surface area contributed by atoms with E-state index in [1.54, 1.807) is 0 Å². The summed E-state index contributed by atoms with van der Waals surface area (Å²) < 4.78 is 10.3. The predicted molar refractivity (Wildman–Crippen MR) is 68.9 cm³/mol. The van der Waals surface area contributed by atoms with Gasteiger partial charge in [-0.3, -0.25) is 4.79 Å². The van der Waals surface area contributed by atoms with Crippen molar-refractivity contribution in [3.05, 3.63) is 17.7 Å². The van der Waals surface area contributed by atoms with E-state index in [9.17, 15) is 4.79 Å². The average molecular weight is 264 g/mol. The zero-order valence-electron chi connectivity index (χ0n) is 11.3. The first-order chi connectivity index (χ1) is 9.26. The van der Waals surface area contributed by atoms with Gasteiger partial charge in [-0.25, -0.2) is 4.98 Å². The second-order valence-corrected chi connectivity index (χ2v) is 5.50. The summed E-state index contributed by atoms with van der Waals surface area (Å²) >= 11 is 0. The van der Waals surface area contributed by atoms with Crippen LogP contribution >= 0.6 is 0 Å². The van der Waals surface area contributed by atoms with Crippen LogP contribution in [-0.4, -0.2) is 36.3 Å². The van der Waals surface area contributed by atoms with Crippen molar-refractivity contribution < 1.29 is 14.3 Å². The van der Waals surface area contributed by atoms with E-state index in [-0.39, 0.29) is 5.97 Å². The van der Waals surface area contributed by atoms with Crippen molar-refractivity contribution in [3.63, 3.8) is 0 Å². The van der Waals surface area contributed by atoms with Gasteiger partial charge in [-0.2, -0.15) is 0 Å². The lowest BCUT2D eigenvalue weighted by molar-refractivity contribution is -0.151. The fourth-order valence-electron chi connectivity index (χ4n) is 3.06. The lowest BCUT2D eigenvalue weighted by Crippen LogP contribution is -2.44. The largest absolute Gasteiger partial charge is 0.468 e. The Morgan fingerprint density at radius 2 is 2.21 bits per heavy atom. The maximum Gasteiger partial charge on any atom is 0.319 e. The molecule has 2 heterocycles. The standard InChI is InChI=1S/C14H20N2O3/c1-18-13(17)14(5-2-6-14)12-15-9-11(16-12)10-3-7-19-8-4-10/h9-10H,2-8H2,1H3,(H,15,16). The van der Waals surface area contributed by atoms with E-state index in [2.05, 4.69) is 9.97 Å². The zero-order valence-corrected chi connectivity index (χ0v) is 11.3. The van der Waals surface area contributed by atoms with Crippen LogP contribution in [0.2, 0.25) is 0 Å². The summed E-state index contributed by atoms with van der Waals surface area (Å²) in [6.45, 7) is 1.61. The van der Waals surface area contributed by atoms with Gasteiger partial charge in [0, 0.05) is 31.0 Å². The van der Waals surface area contributed by atoms with E-state index in [0.717, 1.165) is 56.8 Å². The molecule has 1 aliphatic heterocycles. The van der Waals surface area contributed by atoms with Crippen molar-refractivity contribution in [2.24, 2.45) is 0 Å². The second kappa shape index (κ2) is 4.96. The first-order valence-electron chi connectivity index (χ1n) is 6.98. The summed E-state index contributed by atoms with van der Waals surface area (Å²) in [5.41, 5.74) is 0.617. The number of carbonyl (C=O) groups excluding carboxylic acids is 1. The second-order valence-electron chi connectivity index (χ2n) is 5.50. The Bertz CT molecular complexity index is 459. The van der Waals surface area contributed by atoms with Crippen LogP contribution in [0, 0.1) is 0 Å². The van der Waals surface area contributed by atoms with Gasteiger partial charge in [-0.1, -0.05) is 6.42 Å². The molecule has 0 radical (unpaired) electrons. The quantitative estimate of drug-likeness (QED) is 0.847. The Morgan fingerprint density at radius 1 is 1.47 bits per heavy atom. The number of nitrogens with one attached hydrogen (secondary N) is 1. The Morgan fingerprint density at radius 3 is 2.79 bits per heavy atom. The summed E-state index contributed by atoms with van der Waals surface area (Å²) in [7, 11) is 1.45. The van der Waals surface area contributed by atoms with Gasteiger partial charge in [0.2, 0.25) is 0 Å². The van der Waals surface area contributed by atoms with Crippen LogP contribution < -0.4 is 0 Å². The molecule has 2 fully saturated rings. The molecule has 0 unspecified atom stereocenters. The molecule has 1 aromatic heterocycles. The topological polar surface area (TPSA) is 64.2 Å². The third-order valence-electron chi connectivity index (χ3n) is 4.49. The van der Waals surface area contributed by atoms with Crippen molar-refractivity contribution in [2.75, 3.05) is 20.3 Å². The molecule has 5 heteroatoms. The molecule has 1 saturated carbocycles. The molecule has 0 atom stereocenters. The minimum Gasteiger partial charge on any atom is -0.468 e. The van der Waals surface area contributed by atoms with E-state index in [1.807, 2.05) is 6.20 Å². The highest BCUT2D eigenvalue weighted by atomic mass is 16.5. The number of imidazole rings is 1. The van der Waals surface area contributed by atoms with Crippen LogP contribution in [0.1, 0.15) is 49.5 Å². The normalized spacial score (nSPS) is 22.8.